The maximum Gasteiger partial charge on any atom is 0.220 e. The van der Waals surface area contributed by atoms with Crippen LogP contribution in [0.1, 0.15) is 29.4 Å². The van der Waals surface area contributed by atoms with Gasteiger partial charge in [-0.25, -0.2) is 0 Å². The van der Waals surface area contributed by atoms with Gasteiger partial charge in [0.2, 0.25) is 5.91 Å². The second kappa shape index (κ2) is 7.57. The molecule has 2 aromatic rings. The van der Waals surface area contributed by atoms with Gasteiger partial charge in [0.1, 0.15) is 5.75 Å². The van der Waals surface area contributed by atoms with Crippen LogP contribution in [-0.4, -0.2) is 19.6 Å². The third-order valence-electron chi connectivity index (χ3n) is 5.74. The molecule has 27 heavy (non-hydrogen) atoms. The lowest BCUT2D eigenvalue weighted by molar-refractivity contribution is -0.124. The van der Waals surface area contributed by atoms with Crippen molar-refractivity contribution < 1.29 is 9.53 Å². The highest BCUT2D eigenvalue weighted by Crippen LogP contribution is 2.49. The molecule has 1 heterocycles. The van der Waals surface area contributed by atoms with E-state index >= 15 is 0 Å². The molecule has 1 amide bonds. The monoisotopic (exact) mass is 401 g/mol. The van der Waals surface area contributed by atoms with E-state index in [1.165, 1.54) is 5.56 Å². The summed E-state index contributed by atoms with van der Waals surface area (Å²) < 4.78 is 5.31. The predicted octanol–water partition coefficient (Wildman–Crippen LogP) is 5.19. The van der Waals surface area contributed by atoms with Gasteiger partial charge in [-0.3, -0.25) is 4.79 Å². The summed E-state index contributed by atoms with van der Waals surface area (Å²) in [4.78, 5) is 11.9. The molecule has 140 valence electrons. The number of piperidine rings is 1. The number of fused-ring (bicyclic) bond motifs is 1. The highest BCUT2D eigenvalue weighted by Gasteiger charge is 2.41. The molecule has 2 aliphatic rings. The molecule has 1 saturated heterocycles. The number of carbonyl (C=O) groups excluding carboxylic acids is 1. The van der Waals surface area contributed by atoms with Gasteiger partial charge in [0.15, 0.2) is 0 Å². The predicted molar refractivity (Wildman–Crippen MR) is 109 cm³/mol. The molecule has 5 heteroatoms. The summed E-state index contributed by atoms with van der Waals surface area (Å²) in [5.41, 5.74) is 2.29. The number of nitrogens with one attached hydrogen (secondary N) is 1. The van der Waals surface area contributed by atoms with Crippen LogP contribution in [0.2, 0.25) is 10.0 Å². The van der Waals surface area contributed by atoms with Crippen LogP contribution < -0.4 is 10.1 Å². The fourth-order valence-electron chi connectivity index (χ4n) is 4.42. The molecule has 1 aliphatic heterocycles. The summed E-state index contributed by atoms with van der Waals surface area (Å²) in [5, 5.41) is 4.35. The molecule has 0 radical (unpaired) electrons. The summed E-state index contributed by atoms with van der Waals surface area (Å²) in [5.74, 6) is 1.85. The first kappa shape index (κ1) is 18.4. The first-order valence-electron chi connectivity index (χ1n) is 9.10. The van der Waals surface area contributed by atoms with Gasteiger partial charge in [0, 0.05) is 28.9 Å². The Kier molecular flexibility index (Phi) is 5.16. The zero-order valence-electron chi connectivity index (χ0n) is 15.0. The van der Waals surface area contributed by atoms with Crippen LogP contribution in [0.3, 0.4) is 0 Å². The third kappa shape index (κ3) is 3.59. The smallest absolute Gasteiger partial charge is 0.220 e. The number of benzene rings is 2. The first-order chi connectivity index (χ1) is 13.1. The molecule has 1 unspecified atom stereocenters. The van der Waals surface area contributed by atoms with Crippen LogP contribution in [0.5, 0.6) is 5.75 Å². The van der Waals surface area contributed by atoms with Crippen molar-refractivity contribution in [1.82, 2.24) is 5.32 Å². The molecule has 4 rings (SSSR count). The Labute approximate surface area is 169 Å². The fourth-order valence-corrected chi connectivity index (χ4v) is 4.96. The molecule has 0 spiro atoms. The van der Waals surface area contributed by atoms with E-state index < -0.39 is 0 Å². The van der Waals surface area contributed by atoms with Crippen molar-refractivity contribution in [2.45, 2.75) is 18.3 Å². The second-order valence-electron chi connectivity index (χ2n) is 7.21. The standard InChI is InChI=1S/C22H21Cl2NO2/c1-27-16-6-2-13(3-7-16)22-18(17-9-5-15(23)11-20(17)24)8-4-14-10-21(26)25-12-19(14)22/h2-9,11,14,18-19,22H,10,12H2,1H3,(H,25,26)/t14-,18-,19?,22-/m0/s1. The number of ether oxygens (including phenoxy) is 1. The van der Waals surface area contributed by atoms with Gasteiger partial charge < -0.3 is 10.1 Å². The Morgan fingerprint density at radius 3 is 2.56 bits per heavy atom. The van der Waals surface area contributed by atoms with Crippen molar-refractivity contribution in [3.8, 4) is 5.75 Å². The van der Waals surface area contributed by atoms with Gasteiger partial charge in [-0.1, -0.05) is 53.6 Å². The van der Waals surface area contributed by atoms with Crippen LogP contribution >= 0.6 is 23.2 Å². The maximum absolute atomic E-state index is 11.9. The zero-order valence-corrected chi connectivity index (χ0v) is 16.5. The SMILES string of the molecule is COc1ccc([C@@H]2C3CNC(=O)C[C@@H]3C=C[C@H]2c2ccc(Cl)cc2Cl)cc1. The molecule has 0 bridgehead atoms. The lowest BCUT2D eigenvalue weighted by atomic mass is 9.64. The number of hydrogen-bond acceptors (Lipinski definition) is 2. The summed E-state index contributed by atoms with van der Waals surface area (Å²) in [6.07, 6.45) is 4.94. The Bertz CT molecular complexity index is 878. The number of carbonyl (C=O) groups is 1. The molecule has 3 nitrogen and oxygen atoms in total. The van der Waals surface area contributed by atoms with Gasteiger partial charge in [-0.2, -0.15) is 0 Å². The van der Waals surface area contributed by atoms with E-state index in [2.05, 4.69) is 29.6 Å². The summed E-state index contributed by atoms with van der Waals surface area (Å²) in [7, 11) is 1.67. The largest absolute Gasteiger partial charge is 0.497 e. The third-order valence-corrected chi connectivity index (χ3v) is 6.30. The average molecular weight is 402 g/mol. The highest BCUT2D eigenvalue weighted by molar-refractivity contribution is 6.35. The zero-order chi connectivity index (χ0) is 19.0. The van der Waals surface area contributed by atoms with E-state index in [4.69, 9.17) is 27.9 Å². The van der Waals surface area contributed by atoms with Crippen LogP contribution in [0.25, 0.3) is 0 Å². The van der Waals surface area contributed by atoms with E-state index in [0.29, 0.717) is 28.9 Å². The fraction of sp³-hybridized carbons (Fsp3) is 0.318. The van der Waals surface area contributed by atoms with Crippen LogP contribution in [0.15, 0.2) is 54.6 Å². The van der Waals surface area contributed by atoms with E-state index in [-0.39, 0.29) is 23.7 Å². The van der Waals surface area contributed by atoms with E-state index in [1.54, 1.807) is 13.2 Å². The van der Waals surface area contributed by atoms with Crippen LogP contribution in [0, 0.1) is 11.8 Å². The van der Waals surface area contributed by atoms with E-state index in [1.807, 2.05) is 24.3 Å². The Hall–Kier alpha value is -1.97. The molecule has 1 N–H and O–H groups in total. The average Bonchev–Trinajstić information content (AvgIpc) is 2.67. The summed E-state index contributed by atoms with van der Waals surface area (Å²) in [6, 6.07) is 13.9. The van der Waals surface area contributed by atoms with Crippen LogP contribution in [-0.2, 0) is 4.79 Å². The molecule has 4 atom stereocenters. The Balaban J connectivity index is 1.79. The quantitative estimate of drug-likeness (QED) is 0.718. The van der Waals surface area contributed by atoms with Gasteiger partial charge in [0.05, 0.1) is 7.11 Å². The first-order valence-corrected chi connectivity index (χ1v) is 9.86. The lowest BCUT2D eigenvalue weighted by Crippen LogP contribution is -2.45. The van der Waals surface area contributed by atoms with Crippen molar-refractivity contribution in [2.24, 2.45) is 11.8 Å². The van der Waals surface area contributed by atoms with Crippen molar-refractivity contribution in [1.29, 1.82) is 0 Å². The Morgan fingerprint density at radius 2 is 1.85 bits per heavy atom. The summed E-state index contributed by atoms with van der Waals surface area (Å²) in [6.45, 7) is 0.673. The molecule has 1 fully saturated rings. The van der Waals surface area contributed by atoms with Crippen molar-refractivity contribution >= 4 is 29.1 Å². The van der Waals surface area contributed by atoms with Crippen LogP contribution in [0.4, 0.5) is 0 Å². The molecule has 2 aromatic carbocycles. The molecule has 0 saturated carbocycles. The highest BCUT2D eigenvalue weighted by atomic mass is 35.5. The van der Waals surface area contributed by atoms with Crippen molar-refractivity contribution in [3.05, 3.63) is 75.8 Å². The molecule has 0 aromatic heterocycles. The normalized spacial score (nSPS) is 27.0. The number of amides is 1. The number of methoxy groups -OCH3 is 1. The number of rotatable bonds is 3. The van der Waals surface area contributed by atoms with E-state index in [9.17, 15) is 4.79 Å². The minimum absolute atomic E-state index is 0.123. The molecular weight excluding hydrogens is 381 g/mol. The van der Waals surface area contributed by atoms with Crippen molar-refractivity contribution in [2.75, 3.05) is 13.7 Å². The van der Waals surface area contributed by atoms with Gasteiger partial charge in [-0.15, -0.1) is 0 Å². The number of halogens is 2. The Morgan fingerprint density at radius 1 is 1.07 bits per heavy atom. The number of hydrogen-bond donors (Lipinski definition) is 1. The number of allylic oxidation sites excluding steroid dienone is 2. The molecular formula is C22H21Cl2NO2. The lowest BCUT2D eigenvalue weighted by Gasteiger charge is -2.43. The minimum atomic E-state index is 0.123. The van der Waals surface area contributed by atoms with Gasteiger partial charge in [0.25, 0.3) is 0 Å². The topological polar surface area (TPSA) is 38.3 Å². The second-order valence-corrected chi connectivity index (χ2v) is 8.06. The summed E-state index contributed by atoms with van der Waals surface area (Å²) >= 11 is 12.7. The minimum Gasteiger partial charge on any atom is -0.497 e. The molecule has 1 aliphatic carbocycles. The van der Waals surface area contributed by atoms with Gasteiger partial charge in [-0.05, 0) is 53.1 Å². The maximum atomic E-state index is 11.9. The van der Waals surface area contributed by atoms with Crippen molar-refractivity contribution in [3.63, 3.8) is 0 Å². The van der Waals surface area contributed by atoms with E-state index in [0.717, 1.165) is 11.3 Å². The van der Waals surface area contributed by atoms with Gasteiger partial charge >= 0.3 is 0 Å².